The molecule has 3 aromatic carbocycles. The van der Waals surface area contributed by atoms with Crippen molar-refractivity contribution in [3.05, 3.63) is 106 Å². The summed E-state index contributed by atoms with van der Waals surface area (Å²) in [6.07, 6.45) is 5.47. The van der Waals surface area contributed by atoms with Crippen LogP contribution in [0.3, 0.4) is 0 Å². The van der Waals surface area contributed by atoms with Gasteiger partial charge in [-0.15, -0.1) is 0 Å². The van der Waals surface area contributed by atoms with Gasteiger partial charge in [0.25, 0.3) is 5.56 Å². The van der Waals surface area contributed by atoms with Crippen LogP contribution in [0.25, 0.3) is 10.9 Å². The average Bonchev–Trinajstić information content (AvgIpc) is 2.93. The highest BCUT2D eigenvalue weighted by Crippen LogP contribution is 2.29. The monoisotopic (exact) mass is 508 g/mol. The maximum atomic E-state index is 13.9. The highest BCUT2D eigenvalue weighted by molar-refractivity contribution is 5.93. The third-order valence-electron chi connectivity index (χ3n) is 7.76. The summed E-state index contributed by atoms with van der Waals surface area (Å²) in [5.41, 5.74) is 4.61. The lowest BCUT2D eigenvalue weighted by Gasteiger charge is -2.33. The minimum atomic E-state index is -0.485. The Morgan fingerprint density at radius 2 is 1.68 bits per heavy atom. The number of hydrogen-bond acceptors (Lipinski definition) is 3. The second-order valence-electron chi connectivity index (χ2n) is 10.5. The lowest BCUT2D eigenvalue weighted by molar-refractivity contribution is 0.236. The highest BCUT2D eigenvalue weighted by atomic mass is 16.2. The summed E-state index contributed by atoms with van der Waals surface area (Å²) in [7, 11) is 0. The topological polar surface area (TPSA) is 67.2 Å². The molecule has 2 amide bonds. The molecular weight excluding hydrogens is 472 g/mol. The molecule has 1 aromatic heterocycles. The lowest BCUT2D eigenvalue weighted by atomic mass is 9.95. The first kappa shape index (κ1) is 25.7. The van der Waals surface area contributed by atoms with Crippen LogP contribution < -0.4 is 15.8 Å². The predicted molar refractivity (Wildman–Crippen MR) is 154 cm³/mol. The number of carbonyl (C=O) groups excluding carboxylic acids is 1. The minimum absolute atomic E-state index is 0.103. The molecule has 6 nitrogen and oxygen atoms in total. The second-order valence-corrected chi connectivity index (χ2v) is 10.5. The lowest BCUT2D eigenvalue weighted by Crippen LogP contribution is -2.47. The number of rotatable bonds is 6. The average molecular weight is 509 g/mol. The molecule has 4 aromatic rings. The van der Waals surface area contributed by atoms with Gasteiger partial charge < -0.3 is 5.32 Å². The van der Waals surface area contributed by atoms with Crippen LogP contribution in [-0.2, 0) is 6.54 Å². The number of nitrogens with one attached hydrogen (secondary N) is 1. The van der Waals surface area contributed by atoms with E-state index in [-0.39, 0.29) is 17.6 Å². The fourth-order valence-corrected chi connectivity index (χ4v) is 5.42. The largest absolute Gasteiger partial charge is 0.335 e. The molecule has 0 saturated heterocycles. The van der Waals surface area contributed by atoms with E-state index in [1.165, 1.54) is 12.0 Å². The second kappa shape index (κ2) is 11.2. The van der Waals surface area contributed by atoms with Gasteiger partial charge in [-0.05, 0) is 74.6 Å². The summed E-state index contributed by atoms with van der Waals surface area (Å²) >= 11 is 0. The molecule has 0 spiro atoms. The zero-order valence-corrected chi connectivity index (χ0v) is 22.5. The van der Waals surface area contributed by atoms with Crippen molar-refractivity contribution in [3.8, 4) is 0 Å². The number of aromatic nitrogens is 2. The Labute approximate surface area is 224 Å². The summed E-state index contributed by atoms with van der Waals surface area (Å²) in [6, 6.07) is 23.0. The van der Waals surface area contributed by atoms with Crippen molar-refractivity contribution in [3.63, 3.8) is 0 Å². The van der Waals surface area contributed by atoms with Crippen LogP contribution in [0.1, 0.15) is 67.6 Å². The van der Waals surface area contributed by atoms with E-state index in [0.29, 0.717) is 23.3 Å². The molecule has 5 rings (SSSR count). The van der Waals surface area contributed by atoms with Crippen molar-refractivity contribution in [2.45, 2.75) is 71.5 Å². The number of hydrogen-bond donors (Lipinski definition) is 1. The molecule has 1 atom stereocenters. The first-order chi connectivity index (χ1) is 18.4. The Morgan fingerprint density at radius 1 is 0.974 bits per heavy atom. The molecule has 196 valence electrons. The first-order valence-electron chi connectivity index (χ1n) is 13.6. The van der Waals surface area contributed by atoms with E-state index < -0.39 is 6.04 Å². The van der Waals surface area contributed by atoms with Crippen LogP contribution >= 0.6 is 0 Å². The van der Waals surface area contributed by atoms with Crippen molar-refractivity contribution >= 4 is 22.6 Å². The maximum Gasteiger partial charge on any atom is 0.322 e. The van der Waals surface area contributed by atoms with E-state index in [9.17, 15) is 9.59 Å². The molecule has 1 unspecified atom stereocenters. The van der Waals surface area contributed by atoms with E-state index in [0.717, 1.165) is 42.5 Å². The molecule has 1 saturated carbocycles. The Balaban J connectivity index is 1.62. The third-order valence-corrected chi connectivity index (χ3v) is 7.76. The Hall–Kier alpha value is -3.93. The van der Waals surface area contributed by atoms with Crippen molar-refractivity contribution in [2.24, 2.45) is 0 Å². The van der Waals surface area contributed by atoms with Crippen molar-refractivity contribution in [1.29, 1.82) is 0 Å². The summed E-state index contributed by atoms with van der Waals surface area (Å²) in [6.45, 7) is 6.47. The summed E-state index contributed by atoms with van der Waals surface area (Å²) in [4.78, 5) is 34.5. The first-order valence-corrected chi connectivity index (χ1v) is 13.6. The van der Waals surface area contributed by atoms with Crippen molar-refractivity contribution in [2.75, 3.05) is 4.90 Å². The van der Waals surface area contributed by atoms with E-state index in [2.05, 4.69) is 19.2 Å². The third kappa shape index (κ3) is 5.35. The van der Waals surface area contributed by atoms with Gasteiger partial charge in [-0.3, -0.25) is 14.3 Å². The fourth-order valence-electron chi connectivity index (χ4n) is 5.42. The summed E-state index contributed by atoms with van der Waals surface area (Å²) in [5.74, 6) is 0.564. The molecule has 0 aliphatic heterocycles. The van der Waals surface area contributed by atoms with Gasteiger partial charge in [0.15, 0.2) is 0 Å². The zero-order chi connectivity index (χ0) is 26.6. The standard InChI is InChI=1S/C32H36N4O2/c1-22-18-19-27(20-23(22)2)36(32(38)33-26-14-8-5-9-15-26)24(3)30-34-29-17-11-10-16-28(29)31(37)35(30)21-25-12-6-4-7-13-25/h4,6-7,10-13,16-20,24,26H,5,8-9,14-15,21H2,1-3H3,(H,33,38). The SMILES string of the molecule is Cc1ccc(N(C(=O)NC2CCCCC2)C(C)c2nc3ccccc3c(=O)n2Cc2ccccc2)cc1C. The van der Waals surface area contributed by atoms with Crippen LogP contribution in [0, 0.1) is 13.8 Å². The highest BCUT2D eigenvalue weighted by Gasteiger charge is 2.30. The molecule has 38 heavy (non-hydrogen) atoms. The molecular formula is C32H36N4O2. The number of benzene rings is 3. The molecule has 0 bridgehead atoms. The number of carbonyl (C=O) groups is 1. The van der Waals surface area contributed by atoms with Crippen LogP contribution in [0.4, 0.5) is 10.5 Å². The Bertz CT molecular complexity index is 1490. The van der Waals surface area contributed by atoms with Gasteiger partial charge in [-0.1, -0.05) is 67.8 Å². The molecule has 1 heterocycles. The van der Waals surface area contributed by atoms with Crippen LogP contribution in [0.15, 0.2) is 77.6 Å². The number of aryl methyl sites for hydroxylation is 2. The zero-order valence-electron chi connectivity index (χ0n) is 22.5. The summed E-state index contributed by atoms with van der Waals surface area (Å²) in [5, 5.41) is 3.87. The number of amides is 2. The molecule has 6 heteroatoms. The number of anilines is 1. The van der Waals surface area contributed by atoms with Crippen LogP contribution in [0.2, 0.25) is 0 Å². The van der Waals surface area contributed by atoms with Gasteiger partial charge in [-0.2, -0.15) is 0 Å². The Morgan fingerprint density at radius 3 is 2.42 bits per heavy atom. The van der Waals surface area contributed by atoms with Gasteiger partial charge in [-0.25, -0.2) is 9.78 Å². The van der Waals surface area contributed by atoms with Gasteiger partial charge in [0.1, 0.15) is 5.82 Å². The van der Waals surface area contributed by atoms with Gasteiger partial charge in [0, 0.05) is 11.7 Å². The smallest absolute Gasteiger partial charge is 0.322 e. The summed E-state index contributed by atoms with van der Waals surface area (Å²) < 4.78 is 1.73. The van der Waals surface area contributed by atoms with Gasteiger partial charge >= 0.3 is 6.03 Å². The van der Waals surface area contributed by atoms with Gasteiger partial charge in [0.05, 0.1) is 23.5 Å². The quantitative estimate of drug-likeness (QED) is 0.316. The van der Waals surface area contributed by atoms with E-state index >= 15 is 0 Å². The maximum absolute atomic E-state index is 13.9. The van der Waals surface area contributed by atoms with Gasteiger partial charge in [0.2, 0.25) is 0 Å². The minimum Gasteiger partial charge on any atom is -0.335 e. The predicted octanol–water partition coefficient (Wildman–Crippen LogP) is 6.67. The molecule has 1 N–H and O–H groups in total. The van der Waals surface area contributed by atoms with Crippen LogP contribution in [-0.4, -0.2) is 21.6 Å². The molecule has 1 fully saturated rings. The molecule has 0 radical (unpaired) electrons. The fraction of sp³-hybridized carbons (Fsp3) is 0.344. The van der Waals surface area contributed by atoms with E-state index in [1.54, 1.807) is 9.47 Å². The van der Waals surface area contributed by atoms with Crippen molar-refractivity contribution in [1.82, 2.24) is 14.9 Å². The van der Waals surface area contributed by atoms with Crippen LogP contribution in [0.5, 0.6) is 0 Å². The van der Waals surface area contributed by atoms with Crippen molar-refractivity contribution < 1.29 is 4.79 Å². The number of urea groups is 1. The molecule has 1 aliphatic carbocycles. The normalized spacial score (nSPS) is 14.8. The molecule has 1 aliphatic rings. The van der Waals surface area contributed by atoms with E-state index in [4.69, 9.17) is 4.98 Å². The number of fused-ring (bicyclic) bond motifs is 1. The number of para-hydroxylation sites is 1. The number of nitrogens with zero attached hydrogens (tertiary/aromatic N) is 3. The van der Waals surface area contributed by atoms with E-state index in [1.807, 2.05) is 79.7 Å². The Kier molecular flexibility index (Phi) is 7.59.